The number of piperidine rings is 1. The molecule has 1 N–H and O–H groups in total. The Kier molecular flexibility index (Phi) is 7.43. The molecule has 0 aliphatic carbocycles. The Morgan fingerprint density at radius 1 is 1.19 bits per heavy atom. The number of aliphatic carboxylic acids is 1. The first-order valence-corrected chi connectivity index (χ1v) is 10.7. The molecule has 2 saturated heterocycles. The van der Waals surface area contributed by atoms with Crippen LogP contribution in [0, 0.1) is 12.3 Å². The van der Waals surface area contributed by atoms with Crippen LogP contribution in [0.1, 0.15) is 43.3 Å². The van der Waals surface area contributed by atoms with E-state index in [9.17, 15) is 13.2 Å². The number of carbonyl (C=O) groups is 1. The van der Waals surface area contributed by atoms with E-state index in [1.54, 1.807) is 0 Å². The summed E-state index contributed by atoms with van der Waals surface area (Å²) in [6, 6.07) is 4.17. The molecule has 4 heterocycles. The minimum Gasteiger partial charge on any atom is -0.475 e. The van der Waals surface area contributed by atoms with Gasteiger partial charge in [0, 0.05) is 37.4 Å². The van der Waals surface area contributed by atoms with Gasteiger partial charge in [-0.25, -0.2) is 14.8 Å². The number of likely N-dealkylation sites (tertiary alicyclic amines) is 1. The molecule has 2 aliphatic rings. The Morgan fingerprint density at radius 3 is 2.44 bits per heavy atom. The van der Waals surface area contributed by atoms with Crippen molar-refractivity contribution in [3.8, 4) is 0 Å². The highest BCUT2D eigenvalue weighted by atomic mass is 19.4. The van der Waals surface area contributed by atoms with Gasteiger partial charge in [0.1, 0.15) is 11.5 Å². The molecular formula is C22H29F3N4O3. The van der Waals surface area contributed by atoms with Crippen LogP contribution in [0.2, 0.25) is 0 Å². The van der Waals surface area contributed by atoms with Gasteiger partial charge >= 0.3 is 12.1 Å². The van der Waals surface area contributed by atoms with Gasteiger partial charge in [0.25, 0.3) is 0 Å². The van der Waals surface area contributed by atoms with E-state index in [4.69, 9.17) is 14.3 Å². The Morgan fingerprint density at radius 2 is 1.88 bits per heavy atom. The molecule has 2 aliphatic heterocycles. The molecule has 2 fully saturated rings. The van der Waals surface area contributed by atoms with E-state index in [0.717, 1.165) is 50.1 Å². The molecule has 1 unspecified atom stereocenters. The Hall–Kier alpha value is -2.62. The number of anilines is 1. The fraction of sp³-hybridized carbons (Fsp3) is 0.591. The van der Waals surface area contributed by atoms with Crippen molar-refractivity contribution >= 4 is 11.9 Å². The van der Waals surface area contributed by atoms with Crippen molar-refractivity contribution in [3.63, 3.8) is 0 Å². The van der Waals surface area contributed by atoms with Crippen molar-refractivity contribution in [1.29, 1.82) is 0 Å². The zero-order chi connectivity index (χ0) is 23.4. The van der Waals surface area contributed by atoms with Crippen LogP contribution in [0.3, 0.4) is 0 Å². The number of halogens is 3. The molecule has 0 bridgehead atoms. The van der Waals surface area contributed by atoms with Crippen LogP contribution in [-0.4, -0.2) is 58.3 Å². The number of alkyl halides is 3. The van der Waals surface area contributed by atoms with Crippen LogP contribution in [0.4, 0.5) is 19.1 Å². The highest BCUT2D eigenvalue weighted by molar-refractivity contribution is 5.73. The fourth-order valence-electron chi connectivity index (χ4n) is 4.37. The van der Waals surface area contributed by atoms with Gasteiger partial charge in [0.2, 0.25) is 5.95 Å². The van der Waals surface area contributed by atoms with Gasteiger partial charge < -0.3 is 14.4 Å². The number of rotatable bonds is 4. The summed E-state index contributed by atoms with van der Waals surface area (Å²) in [4.78, 5) is 23.0. The minimum atomic E-state index is -5.08. The topological polar surface area (TPSA) is 82.7 Å². The van der Waals surface area contributed by atoms with E-state index < -0.39 is 12.1 Å². The van der Waals surface area contributed by atoms with Crippen LogP contribution < -0.4 is 4.90 Å². The molecule has 2 aromatic heterocycles. The number of carboxylic acids is 1. The number of hydrogen-bond acceptors (Lipinski definition) is 6. The average Bonchev–Trinajstić information content (AvgIpc) is 3.34. The lowest BCUT2D eigenvalue weighted by Crippen LogP contribution is -2.44. The van der Waals surface area contributed by atoms with Crippen LogP contribution in [0.5, 0.6) is 0 Å². The molecule has 0 amide bonds. The minimum absolute atomic E-state index is 0.382. The Balaban J connectivity index is 0.000000360. The first-order valence-electron chi connectivity index (χ1n) is 10.7. The molecule has 32 heavy (non-hydrogen) atoms. The van der Waals surface area contributed by atoms with Crippen molar-refractivity contribution in [1.82, 2.24) is 14.9 Å². The van der Waals surface area contributed by atoms with Crippen molar-refractivity contribution in [2.45, 2.75) is 52.3 Å². The smallest absolute Gasteiger partial charge is 0.475 e. The summed E-state index contributed by atoms with van der Waals surface area (Å²) in [5.74, 6) is 0.227. The summed E-state index contributed by atoms with van der Waals surface area (Å²) in [6.07, 6.45) is 3.66. The van der Waals surface area contributed by atoms with Crippen molar-refractivity contribution in [3.05, 3.63) is 41.6 Å². The average molecular weight is 454 g/mol. The first-order chi connectivity index (χ1) is 15.1. The maximum absolute atomic E-state index is 10.6. The van der Waals surface area contributed by atoms with Gasteiger partial charge in [-0.1, -0.05) is 6.92 Å². The summed E-state index contributed by atoms with van der Waals surface area (Å²) in [5, 5.41) is 7.12. The summed E-state index contributed by atoms with van der Waals surface area (Å²) in [6.45, 7) is 9.54. The fourth-order valence-corrected chi connectivity index (χ4v) is 4.37. The normalized spacial score (nSPS) is 21.5. The highest BCUT2D eigenvalue weighted by Crippen LogP contribution is 2.40. The van der Waals surface area contributed by atoms with Crippen molar-refractivity contribution in [2.75, 3.05) is 31.1 Å². The largest absolute Gasteiger partial charge is 0.490 e. The van der Waals surface area contributed by atoms with Crippen LogP contribution in [0.25, 0.3) is 0 Å². The van der Waals surface area contributed by atoms with Gasteiger partial charge in [-0.3, -0.25) is 4.90 Å². The third-order valence-corrected chi connectivity index (χ3v) is 5.98. The van der Waals surface area contributed by atoms with E-state index in [1.165, 1.54) is 31.4 Å². The van der Waals surface area contributed by atoms with E-state index in [0.29, 0.717) is 5.41 Å². The number of aromatic nitrogens is 2. The SMILES string of the molecule is CCc1cnc(N2CCC3(CCCN(Cc4ccc(C)o4)C3)C2)nc1.O=C(O)C(F)(F)F. The maximum Gasteiger partial charge on any atom is 0.490 e. The van der Waals surface area contributed by atoms with Crippen molar-refractivity contribution < 1.29 is 27.5 Å². The van der Waals surface area contributed by atoms with Crippen LogP contribution in [0.15, 0.2) is 28.9 Å². The number of aryl methyl sites for hydroxylation is 2. The molecule has 2 aromatic rings. The quantitative estimate of drug-likeness (QED) is 0.746. The molecule has 0 saturated carbocycles. The maximum atomic E-state index is 10.6. The van der Waals surface area contributed by atoms with Crippen molar-refractivity contribution in [2.24, 2.45) is 5.41 Å². The monoisotopic (exact) mass is 454 g/mol. The second-order valence-corrected chi connectivity index (χ2v) is 8.55. The molecular weight excluding hydrogens is 425 g/mol. The zero-order valence-corrected chi connectivity index (χ0v) is 18.4. The Labute approximate surface area is 185 Å². The van der Waals surface area contributed by atoms with Gasteiger partial charge in [0.05, 0.1) is 6.54 Å². The first kappa shape index (κ1) is 24.0. The van der Waals surface area contributed by atoms with Gasteiger partial charge in [-0.15, -0.1) is 0 Å². The van der Waals surface area contributed by atoms with Crippen LogP contribution >= 0.6 is 0 Å². The standard InChI is InChI=1S/C20H28N4O.C2HF3O2/c1-3-17-11-21-19(22-12-17)24-10-8-20(15-24)7-4-9-23(14-20)13-18-6-5-16(2)25-18;3-2(4,5)1(6)7/h5-6,11-12H,3-4,7-10,13-15H2,1-2H3;(H,6,7). The van der Waals surface area contributed by atoms with E-state index >= 15 is 0 Å². The van der Waals surface area contributed by atoms with E-state index in [1.807, 2.05) is 19.3 Å². The predicted octanol–water partition coefficient (Wildman–Crippen LogP) is 4.07. The lowest BCUT2D eigenvalue weighted by atomic mass is 9.79. The lowest BCUT2D eigenvalue weighted by molar-refractivity contribution is -0.192. The second kappa shape index (κ2) is 9.89. The Bertz CT molecular complexity index is 901. The summed E-state index contributed by atoms with van der Waals surface area (Å²) >= 11 is 0. The molecule has 176 valence electrons. The lowest BCUT2D eigenvalue weighted by Gasteiger charge is -2.40. The highest BCUT2D eigenvalue weighted by Gasteiger charge is 2.42. The zero-order valence-electron chi connectivity index (χ0n) is 18.4. The van der Waals surface area contributed by atoms with E-state index in [-0.39, 0.29) is 0 Å². The molecule has 0 radical (unpaired) electrons. The molecule has 7 nitrogen and oxygen atoms in total. The molecule has 0 aromatic carbocycles. The predicted molar refractivity (Wildman–Crippen MR) is 112 cm³/mol. The van der Waals surface area contributed by atoms with E-state index in [2.05, 4.69) is 38.8 Å². The second-order valence-electron chi connectivity index (χ2n) is 8.55. The number of nitrogens with zero attached hydrogens (tertiary/aromatic N) is 4. The van der Waals surface area contributed by atoms with Gasteiger partial charge in [-0.2, -0.15) is 13.2 Å². The van der Waals surface area contributed by atoms with Gasteiger partial charge in [-0.05, 0) is 56.8 Å². The van der Waals surface area contributed by atoms with Gasteiger partial charge in [0.15, 0.2) is 0 Å². The summed E-state index contributed by atoms with van der Waals surface area (Å²) in [7, 11) is 0. The third-order valence-electron chi connectivity index (χ3n) is 5.98. The number of furan rings is 1. The molecule has 4 rings (SSSR count). The molecule has 1 atom stereocenters. The number of hydrogen-bond donors (Lipinski definition) is 1. The molecule has 10 heteroatoms. The van der Waals surface area contributed by atoms with Crippen LogP contribution in [-0.2, 0) is 17.8 Å². The third kappa shape index (κ3) is 6.21. The molecule has 1 spiro atoms. The summed E-state index contributed by atoms with van der Waals surface area (Å²) < 4.78 is 37.5. The number of carboxylic acid groups (broad SMARTS) is 1. The summed E-state index contributed by atoms with van der Waals surface area (Å²) in [5.41, 5.74) is 1.59.